The molecule has 3 aromatic rings. The van der Waals surface area contributed by atoms with E-state index >= 15 is 0 Å². The Morgan fingerprint density at radius 1 is 1.28 bits per heavy atom. The van der Waals surface area contributed by atoms with E-state index in [1.165, 1.54) is 17.5 Å². The topological polar surface area (TPSA) is 105 Å². The second kappa shape index (κ2) is 7.81. The number of carbonyl (C=O) groups is 2. The van der Waals surface area contributed by atoms with Crippen LogP contribution in [0.4, 0.5) is 0 Å². The van der Waals surface area contributed by atoms with E-state index in [4.69, 9.17) is 12.2 Å². The number of H-pyrrole nitrogens is 1. The second-order valence-electron chi connectivity index (χ2n) is 4.98. The van der Waals surface area contributed by atoms with E-state index in [9.17, 15) is 9.59 Å². The average Bonchev–Trinajstić information content (AvgIpc) is 3.28. The zero-order valence-electron chi connectivity index (χ0n) is 12.9. The first-order valence-corrected chi connectivity index (χ1v) is 8.62. The van der Waals surface area contributed by atoms with Crippen molar-refractivity contribution in [2.45, 2.75) is 13.0 Å². The molecule has 3 aromatic heterocycles. The fourth-order valence-corrected chi connectivity index (χ4v) is 3.04. The van der Waals surface area contributed by atoms with Crippen molar-refractivity contribution in [2.75, 3.05) is 0 Å². The Morgan fingerprint density at radius 3 is 2.88 bits per heavy atom. The maximum atomic E-state index is 12.0. The first-order valence-electron chi connectivity index (χ1n) is 7.33. The summed E-state index contributed by atoms with van der Waals surface area (Å²) in [7, 11) is 0. The maximum absolute atomic E-state index is 12.0. The Kier molecular flexibility index (Phi) is 5.31. The van der Waals surface area contributed by atoms with Gasteiger partial charge in [0.2, 0.25) is 5.91 Å². The van der Waals surface area contributed by atoms with Crippen LogP contribution in [-0.4, -0.2) is 31.6 Å². The molecule has 25 heavy (non-hydrogen) atoms. The lowest BCUT2D eigenvalue weighted by molar-refractivity contribution is -0.122. The zero-order chi connectivity index (χ0) is 17.6. The number of amides is 2. The summed E-state index contributed by atoms with van der Waals surface area (Å²) in [5, 5.41) is 8.88. The number of aromatic amines is 1. The minimum atomic E-state index is -0.430. The summed E-state index contributed by atoms with van der Waals surface area (Å²) in [6.45, 7) is 0.344. The molecule has 0 atom stereocenters. The second-order valence-corrected chi connectivity index (χ2v) is 6.31. The molecule has 0 radical (unpaired) electrons. The number of nitrogens with zero attached hydrogens (tertiary/aromatic N) is 3. The summed E-state index contributed by atoms with van der Waals surface area (Å²) < 4.78 is 2.19. The number of rotatable bonds is 5. The summed E-state index contributed by atoms with van der Waals surface area (Å²) in [4.78, 5) is 28.6. The van der Waals surface area contributed by atoms with Crippen LogP contribution in [0.3, 0.4) is 0 Å². The van der Waals surface area contributed by atoms with Crippen molar-refractivity contribution in [2.24, 2.45) is 0 Å². The van der Waals surface area contributed by atoms with Crippen molar-refractivity contribution in [3.8, 4) is 10.7 Å². The number of pyridine rings is 1. The van der Waals surface area contributed by atoms with E-state index in [0.29, 0.717) is 22.7 Å². The summed E-state index contributed by atoms with van der Waals surface area (Å²) in [5.41, 5.74) is 5.09. The van der Waals surface area contributed by atoms with Gasteiger partial charge in [-0.15, -0.1) is 11.3 Å². The van der Waals surface area contributed by atoms with Crippen molar-refractivity contribution >= 4 is 35.4 Å². The van der Waals surface area contributed by atoms with E-state index in [2.05, 4.69) is 26.0 Å². The van der Waals surface area contributed by atoms with Crippen molar-refractivity contribution < 1.29 is 9.59 Å². The SMILES string of the molecule is O=C(CCn1c(-c2cccs2)n[nH]c1=S)NNC(=O)c1cccnc1. The molecule has 0 unspecified atom stereocenters. The van der Waals surface area contributed by atoms with Crippen LogP contribution in [0, 0.1) is 4.77 Å². The predicted octanol–water partition coefficient (Wildman–Crippen LogP) is 1.92. The normalized spacial score (nSPS) is 10.4. The van der Waals surface area contributed by atoms with Crippen LogP contribution in [0.1, 0.15) is 16.8 Å². The molecule has 0 aliphatic carbocycles. The minimum absolute atomic E-state index is 0.138. The molecule has 3 rings (SSSR count). The van der Waals surface area contributed by atoms with Crippen LogP contribution in [0.25, 0.3) is 10.7 Å². The number of hydrogen-bond donors (Lipinski definition) is 3. The molecule has 3 N–H and O–H groups in total. The average molecular weight is 374 g/mol. The van der Waals surface area contributed by atoms with Gasteiger partial charge in [-0.2, -0.15) is 5.10 Å². The van der Waals surface area contributed by atoms with Crippen molar-refractivity contribution in [1.29, 1.82) is 0 Å². The number of hydrazine groups is 1. The van der Waals surface area contributed by atoms with Crippen LogP contribution in [0.15, 0.2) is 42.0 Å². The first kappa shape index (κ1) is 17.0. The molecule has 0 aromatic carbocycles. The van der Waals surface area contributed by atoms with Crippen LogP contribution >= 0.6 is 23.6 Å². The van der Waals surface area contributed by atoms with E-state index in [1.807, 2.05) is 17.5 Å². The molecule has 0 bridgehead atoms. The molecule has 10 heteroatoms. The van der Waals surface area contributed by atoms with Gasteiger partial charge in [0.15, 0.2) is 10.6 Å². The van der Waals surface area contributed by atoms with Gasteiger partial charge in [-0.1, -0.05) is 6.07 Å². The third-order valence-corrected chi connectivity index (χ3v) is 4.48. The molecule has 128 valence electrons. The maximum Gasteiger partial charge on any atom is 0.271 e. The van der Waals surface area contributed by atoms with E-state index < -0.39 is 5.91 Å². The van der Waals surface area contributed by atoms with Crippen molar-refractivity contribution in [3.05, 3.63) is 52.4 Å². The van der Waals surface area contributed by atoms with Gasteiger partial charge >= 0.3 is 0 Å². The highest BCUT2D eigenvalue weighted by molar-refractivity contribution is 7.71. The third kappa shape index (κ3) is 4.17. The lowest BCUT2D eigenvalue weighted by Gasteiger charge is -2.08. The van der Waals surface area contributed by atoms with Gasteiger partial charge in [0, 0.05) is 25.4 Å². The van der Waals surface area contributed by atoms with Gasteiger partial charge in [0.1, 0.15) is 0 Å². The third-order valence-electron chi connectivity index (χ3n) is 3.30. The molecule has 0 fully saturated rings. The van der Waals surface area contributed by atoms with Crippen molar-refractivity contribution in [1.82, 2.24) is 30.6 Å². The summed E-state index contributed by atoms with van der Waals surface area (Å²) >= 11 is 6.75. The fraction of sp³-hybridized carbons (Fsp3) is 0.133. The van der Waals surface area contributed by atoms with Gasteiger partial charge in [0.05, 0.1) is 10.4 Å². The zero-order valence-corrected chi connectivity index (χ0v) is 14.6. The van der Waals surface area contributed by atoms with Crippen molar-refractivity contribution in [3.63, 3.8) is 0 Å². The summed E-state index contributed by atoms with van der Waals surface area (Å²) in [5.74, 6) is -0.0784. The highest BCUT2D eigenvalue weighted by Crippen LogP contribution is 2.22. The Hall–Kier alpha value is -2.85. The number of nitrogens with one attached hydrogen (secondary N) is 3. The monoisotopic (exact) mass is 374 g/mol. The largest absolute Gasteiger partial charge is 0.299 e. The molecular weight excluding hydrogens is 360 g/mol. The van der Waals surface area contributed by atoms with Gasteiger partial charge in [-0.05, 0) is 35.8 Å². The van der Waals surface area contributed by atoms with Crippen LogP contribution in [0.5, 0.6) is 0 Å². The van der Waals surface area contributed by atoms with Gasteiger partial charge in [0.25, 0.3) is 5.91 Å². The fourth-order valence-electron chi connectivity index (χ4n) is 2.09. The Bertz CT molecular complexity index is 917. The van der Waals surface area contributed by atoms with Gasteiger partial charge < -0.3 is 0 Å². The number of hydrogen-bond acceptors (Lipinski definition) is 6. The molecule has 3 heterocycles. The van der Waals surface area contributed by atoms with Crippen LogP contribution in [0.2, 0.25) is 0 Å². The van der Waals surface area contributed by atoms with Crippen LogP contribution < -0.4 is 10.9 Å². The highest BCUT2D eigenvalue weighted by atomic mass is 32.1. The Morgan fingerprint density at radius 2 is 2.16 bits per heavy atom. The molecule has 0 saturated carbocycles. The molecule has 0 aliphatic heterocycles. The lowest BCUT2D eigenvalue weighted by atomic mass is 10.3. The molecule has 8 nitrogen and oxygen atoms in total. The first-order chi connectivity index (χ1) is 12.1. The van der Waals surface area contributed by atoms with E-state index in [0.717, 1.165) is 4.88 Å². The number of carbonyl (C=O) groups excluding carboxylic acids is 2. The minimum Gasteiger partial charge on any atom is -0.299 e. The predicted molar refractivity (Wildman–Crippen MR) is 95.2 cm³/mol. The molecule has 0 spiro atoms. The van der Waals surface area contributed by atoms with E-state index in [-0.39, 0.29) is 12.3 Å². The Balaban J connectivity index is 1.56. The molecule has 0 saturated heterocycles. The Labute approximate surface area is 151 Å². The quantitative estimate of drug-likeness (QED) is 0.467. The summed E-state index contributed by atoms with van der Waals surface area (Å²) in [6, 6.07) is 7.10. The number of thiophene rings is 1. The lowest BCUT2D eigenvalue weighted by Crippen LogP contribution is -2.41. The summed E-state index contributed by atoms with van der Waals surface area (Å²) in [6.07, 6.45) is 3.12. The molecule has 0 aliphatic rings. The molecular formula is C15H14N6O2S2. The van der Waals surface area contributed by atoms with Gasteiger partial charge in [-0.25, -0.2) is 0 Å². The van der Waals surface area contributed by atoms with E-state index in [1.54, 1.807) is 22.9 Å². The highest BCUT2D eigenvalue weighted by Gasteiger charge is 2.12. The molecule has 2 amide bonds. The number of aromatic nitrogens is 4. The van der Waals surface area contributed by atoms with Crippen LogP contribution in [-0.2, 0) is 11.3 Å². The smallest absolute Gasteiger partial charge is 0.271 e. The van der Waals surface area contributed by atoms with Gasteiger partial charge in [-0.3, -0.25) is 35.1 Å². The standard InChI is InChI=1S/C15H14N6O2S2/c22-12(17-19-14(23)10-3-1-6-16-9-10)5-7-21-13(18-20-15(21)24)11-4-2-8-25-11/h1-4,6,8-9H,5,7H2,(H,17,22)(H,19,23)(H,20,24).